The quantitative estimate of drug-likeness (QED) is 0.777. The highest BCUT2D eigenvalue weighted by atomic mass is 32.2. The second-order valence-electron chi connectivity index (χ2n) is 4.70. The van der Waals surface area contributed by atoms with E-state index in [4.69, 9.17) is 0 Å². The van der Waals surface area contributed by atoms with Crippen LogP contribution in [0.15, 0.2) is 47.9 Å². The van der Waals surface area contributed by atoms with Crippen LogP contribution < -0.4 is 4.72 Å². The fourth-order valence-electron chi connectivity index (χ4n) is 1.99. The van der Waals surface area contributed by atoms with Crippen molar-refractivity contribution in [3.8, 4) is 5.82 Å². The summed E-state index contributed by atoms with van der Waals surface area (Å²) in [7, 11) is -1.95. The molecule has 0 spiro atoms. The SMILES string of the molecule is Cc1c(NS(=O)(=O)c2ccccc2)c(-n2cnnc2)nn1C. The third kappa shape index (κ3) is 2.46. The summed E-state index contributed by atoms with van der Waals surface area (Å²) in [6.45, 7) is 1.78. The molecule has 0 saturated heterocycles. The molecular formula is C13H14N6O2S. The van der Waals surface area contributed by atoms with E-state index in [0.29, 0.717) is 17.2 Å². The lowest BCUT2D eigenvalue weighted by Crippen LogP contribution is -2.14. The normalized spacial score (nSPS) is 11.5. The maximum absolute atomic E-state index is 12.5. The van der Waals surface area contributed by atoms with Crippen molar-refractivity contribution in [2.24, 2.45) is 7.05 Å². The summed E-state index contributed by atoms with van der Waals surface area (Å²) in [5, 5.41) is 11.7. The van der Waals surface area contributed by atoms with E-state index in [1.807, 2.05) is 0 Å². The van der Waals surface area contributed by atoms with Gasteiger partial charge in [-0.2, -0.15) is 5.10 Å². The van der Waals surface area contributed by atoms with Crippen LogP contribution in [0.3, 0.4) is 0 Å². The molecule has 0 saturated carbocycles. The molecular weight excluding hydrogens is 304 g/mol. The summed E-state index contributed by atoms with van der Waals surface area (Å²) in [6, 6.07) is 8.17. The molecule has 3 aromatic rings. The molecule has 1 aromatic carbocycles. The summed E-state index contributed by atoms with van der Waals surface area (Å²) in [4.78, 5) is 0.188. The van der Waals surface area contributed by atoms with Crippen LogP contribution in [0.2, 0.25) is 0 Å². The molecule has 0 bridgehead atoms. The topological polar surface area (TPSA) is 94.7 Å². The minimum Gasteiger partial charge on any atom is -0.274 e. The maximum atomic E-state index is 12.5. The molecule has 0 fully saturated rings. The van der Waals surface area contributed by atoms with Crippen LogP contribution in [0.1, 0.15) is 5.69 Å². The highest BCUT2D eigenvalue weighted by Crippen LogP contribution is 2.25. The molecule has 1 N–H and O–H groups in total. The Morgan fingerprint density at radius 3 is 2.36 bits per heavy atom. The van der Waals surface area contributed by atoms with Gasteiger partial charge in [0.25, 0.3) is 10.0 Å². The number of benzene rings is 1. The smallest absolute Gasteiger partial charge is 0.262 e. The lowest BCUT2D eigenvalue weighted by Gasteiger charge is -2.09. The molecule has 3 rings (SSSR count). The van der Waals surface area contributed by atoms with E-state index >= 15 is 0 Å². The molecule has 0 atom stereocenters. The summed E-state index contributed by atoms with van der Waals surface area (Å²) >= 11 is 0. The molecule has 0 radical (unpaired) electrons. The van der Waals surface area contributed by atoms with Gasteiger partial charge in [0.2, 0.25) is 0 Å². The van der Waals surface area contributed by atoms with E-state index < -0.39 is 10.0 Å². The fourth-order valence-corrected chi connectivity index (χ4v) is 3.13. The van der Waals surface area contributed by atoms with Gasteiger partial charge < -0.3 is 0 Å². The predicted octanol–water partition coefficient (Wildman–Crippen LogP) is 1.11. The van der Waals surface area contributed by atoms with E-state index in [1.54, 1.807) is 41.4 Å². The van der Waals surface area contributed by atoms with E-state index in [0.717, 1.165) is 0 Å². The largest absolute Gasteiger partial charge is 0.274 e. The summed E-state index contributed by atoms with van der Waals surface area (Å²) in [5.41, 5.74) is 1.08. The first kappa shape index (κ1) is 14.3. The molecule has 9 heteroatoms. The zero-order valence-electron chi connectivity index (χ0n) is 12.0. The van der Waals surface area contributed by atoms with E-state index in [1.165, 1.54) is 24.8 Å². The van der Waals surface area contributed by atoms with Gasteiger partial charge >= 0.3 is 0 Å². The molecule has 0 aliphatic heterocycles. The van der Waals surface area contributed by atoms with Crippen molar-refractivity contribution in [3.05, 3.63) is 48.7 Å². The lowest BCUT2D eigenvalue weighted by molar-refractivity contribution is 0.601. The zero-order valence-corrected chi connectivity index (χ0v) is 12.8. The van der Waals surface area contributed by atoms with E-state index in [-0.39, 0.29) is 4.90 Å². The first-order valence-electron chi connectivity index (χ1n) is 6.45. The standard InChI is InChI=1S/C13H14N6O2S/c1-10-12(13(16-18(10)2)19-8-14-15-9-19)17-22(20,21)11-6-4-3-5-7-11/h3-9,17H,1-2H3. The number of rotatable bonds is 4. The maximum Gasteiger partial charge on any atom is 0.262 e. The monoisotopic (exact) mass is 318 g/mol. The second-order valence-corrected chi connectivity index (χ2v) is 6.38. The Labute approximate surface area is 127 Å². The van der Waals surface area contributed by atoms with Crippen molar-refractivity contribution >= 4 is 15.7 Å². The van der Waals surface area contributed by atoms with Crippen molar-refractivity contribution in [2.75, 3.05) is 4.72 Å². The number of anilines is 1. The Morgan fingerprint density at radius 1 is 1.09 bits per heavy atom. The van der Waals surface area contributed by atoms with Crippen molar-refractivity contribution in [2.45, 2.75) is 11.8 Å². The summed E-state index contributed by atoms with van der Waals surface area (Å²) in [6.07, 6.45) is 2.92. The third-order valence-electron chi connectivity index (χ3n) is 3.27. The summed E-state index contributed by atoms with van der Waals surface area (Å²) < 4.78 is 30.7. The van der Waals surface area contributed by atoms with Crippen LogP contribution in [0.4, 0.5) is 5.69 Å². The van der Waals surface area contributed by atoms with Gasteiger partial charge in [0.15, 0.2) is 5.82 Å². The molecule has 2 aromatic heterocycles. The molecule has 0 unspecified atom stereocenters. The van der Waals surface area contributed by atoms with Gasteiger partial charge in [-0.1, -0.05) is 18.2 Å². The highest BCUT2D eigenvalue weighted by Gasteiger charge is 2.21. The number of aryl methyl sites for hydroxylation is 1. The van der Waals surface area contributed by atoms with Crippen molar-refractivity contribution in [1.82, 2.24) is 24.5 Å². The number of aromatic nitrogens is 5. The summed E-state index contributed by atoms with van der Waals surface area (Å²) in [5.74, 6) is 0.421. The zero-order chi connectivity index (χ0) is 15.7. The van der Waals surface area contributed by atoms with Gasteiger partial charge in [-0.15, -0.1) is 10.2 Å². The average molecular weight is 318 g/mol. The minimum absolute atomic E-state index is 0.188. The molecule has 22 heavy (non-hydrogen) atoms. The van der Waals surface area contributed by atoms with Crippen LogP contribution in [-0.2, 0) is 17.1 Å². The minimum atomic E-state index is -3.69. The van der Waals surface area contributed by atoms with Crippen molar-refractivity contribution in [3.63, 3.8) is 0 Å². The Bertz CT molecular complexity index is 884. The number of nitrogens with zero attached hydrogens (tertiary/aromatic N) is 5. The Kier molecular flexibility index (Phi) is 3.41. The van der Waals surface area contributed by atoms with Crippen LogP contribution in [0.5, 0.6) is 0 Å². The first-order chi connectivity index (χ1) is 10.5. The Morgan fingerprint density at radius 2 is 1.73 bits per heavy atom. The van der Waals surface area contributed by atoms with Crippen LogP contribution >= 0.6 is 0 Å². The Balaban J connectivity index is 2.06. The van der Waals surface area contributed by atoms with Crippen molar-refractivity contribution in [1.29, 1.82) is 0 Å². The number of nitrogens with one attached hydrogen (secondary N) is 1. The van der Waals surface area contributed by atoms with E-state index in [2.05, 4.69) is 20.0 Å². The van der Waals surface area contributed by atoms with Crippen LogP contribution in [0.25, 0.3) is 5.82 Å². The molecule has 0 amide bonds. The van der Waals surface area contributed by atoms with Gasteiger partial charge in [0.1, 0.15) is 18.3 Å². The van der Waals surface area contributed by atoms with Gasteiger partial charge in [-0.3, -0.25) is 14.0 Å². The van der Waals surface area contributed by atoms with Gasteiger partial charge in [-0.25, -0.2) is 8.42 Å². The van der Waals surface area contributed by atoms with E-state index in [9.17, 15) is 8.42 Å². The van der Waals surface area contributed by atoms with Gasteiger partial charge in [-0.05, 0) is 19.1 Å². The third-order valence-corrected chi connectivity index (χ3v) is 4.63. The fraction of sp³-hybridized carbons (Fsp3) is 0.154. The first-order valence-corrected chi connectivity index (χ1v) is 7.94. The van der Waals surface area contributed by atoms with Gasteiger partial charge in [0, 0.05) is 7.05 Å². The Hall–Kier alpha value is -2.68. The predicted molar refractivity (Wildman–Crippen MR) is 80.1 cm³/mol. The number of sulfonamides is 1. The van der Waals surface area contributed by atoms with Crippen LogP contribution in [0, 0.1) is 6.92 Å². The molecule has 0 aliphatic rings. The van der Waals surface area contributed by atoms with Gasteiger partial charge in [0.05, 0.1) is 10.6 Å². The second kappa shape index (κ2) is 5.26. The lowest BCUT2D eigenvalue weighted by atomic mass is 10.4. The highest BCUT2D eigenvalue weighted by molar-refractivity contribution is 7.92. The molecule has 0 aliphatic carbocycles. The molecule has 8 nitrogen and oxygen atoms in total. The molecule has 114 valence electrons. The number of hydrogen-bond donors (Lipinski definition) is 1. The number of hydrogen-bond acceptors (Lipinski definition) is 5. The van der Waals surface area contributed by atoms with Crippen molar-refractivity contribution < 1.29 is 8.42 Å². The van der Waals surface area contributed by atoms with Crippen LogP contribution in [-0.4, -0.2) is 33.0 Å². The molecule has 2 heterocycles. The average Bonchev–Trinajstić information content (AvgIpc) is 3.12.